The second kappa shape index (κ2) is 5.52. The van der Waals surface area contributed by atoms with Crippen LogP contribution in [0.1, 0.15) is 32.1 Å². The zero-order valence-electron chi connectivity index (χ0n) is 10.4. The Morgan fingerprint density at radius 2 is 2.28 bits per heavy atom. The molecule has 0 saturated heterocycles. The molecule has 5 heteroatoms. The monoisotopic (exact) mass is 310 g/mol. The van der Waals surface area contributed by atoms with Gasteiger partial charge in [0.15, 0.2) is 11.5 Å². The van der Waals surface area contributed by atoms with Crippen molar-refractivity contribution in [1.29, 1.82) is 0 Å². The topological polar surface area (TPSA) is 55.1 Å². The van der Waals surface area contributed by atoms with Crippen LogP contribution < -0.4 is 5.32 Å². The number of carbonyl (C=O) groups excluding carboxylic acids is 1. The minimum Gasteiger partial charge on any atom is -0.440 e. The summed E-state index contributed by atoms with van der Waals surface area (Å²) in [5.41, 5.74) is 2.27. The Bertz CT molecular complexity index is 563. The summed E-state index contributed by atoms with van der Waals surface area (Å²) in [6.07, 6.45) is 0.452. The lowest BCUT2D eigenvalue weighted by atomic mass is 10.2. The summed E-state index contributed by atoms with van der Waals surface area (Å²) in [4.78, 5) is 15.9. The second-order valence-electron chi connectivity index (χ2n) is 4.38. The van der Waals surface area contributed by atoms with Crippen molar-refractivity contribution >= 4 is 38.6 Å². The Balaban J connectivity index is 2.24. The zero-order chi connectivity index (χ0) is 13.1. The van der Waals surface area contributed by atoms with Crippen molar-refractivity contribution in [1.82, 2.24) is 4.98 Å². The van der Waals surface area contributed by atoms with E-state index in [0.717, 1.165) is 16.8 Å². The van der Waals surface area contributed by atoms with Gasteiger partial charge in [0.1, 0.15) is 5.52 Å². The maximum Gasteiger partial charge on any atom is 0.225 e. The molecule has 0 aliphatic heterocycles. The van der Waals surface area contributed by atoms with E-state index in [0.29, 0.717) is 17.6 Å². The lowest BCUT2D eigenvalue weighted by Gasteiger charge is -2.02. The molecule has 18 heavy (non-hydrogen) atoms. The molecule has 0 saturated carbocycles. The fourth-order valence-electron chi connectivity index (χ4n) is 1.58. The SMILES string of the molecule is CC(C)c1nc2cc(NC(=O)CCBr)ccc2o1. The van der Waals surface area contributed by atoms with E-state index in [1.54, 1.807) is 0 Å². The number of amides is 1. The number of rotatable bonds is 4. The van der Waals surface area contributed by atoms with Crippen molar-refractivity contribution in [3.8, 4) is 0 Å². The van der Waals surface area contributed by atoms with Crippen LogP contribution in [0.2, 0.25) is 0 Å². The summed E-state index contributed by atoms with van der Waals surface area (Å²) >= 11 is 3.23. The fraction of sp³-hybridized carbons (Fsp3) is 0.385. The molecule has 0 aliphatic rings. The van der Waals surface area contributed by atoms with Crippen LogP contribution in [0.5, 0.6) is 0 Å². The first-order valence-electron chi connectivity index (χ1n) is 5.86. The molecule has 1 aromatic heterocycles. The predicted molar refractivity (Wildman–Crippen MR) is 75.1 cm³/mol. The highest BCUT2D eigenvalue weighted by molar-refractivity contribution is 9.09. The number of nitrogens with one attached hydrogen (secondary N) is 1. The van der Waals surface area contributed by atoms with Crippen molar-refractivity contribution in [2.45, 2.75) is 26.2 Å². The van der Waals surface area contributed by atoms with Gasteiger partial charge in [-0.1, -0.05) is 29.8 Å². The molecule has 2 rings (SSSR count). The first-order chi connectivity index (χ1) is 8.60. The fourth-order valence-corrected chi connectivity index (χ4v) is 1.94. The highest BCUT2D eigenvalue weighted by atomic mass is 79.9. The van der Waals surface area contributed by atoms with Gasteiger partial charge in [0, 0.05) is 23.4 Å². The van der Waals surface area contributed by atoms with E-state index in [-0.39, 0.29) is 11.8 Å². The van der Waals surface area contributed by atoms with Gasteiger partial charge in [-0.05, 0) is 18.2 Å². The van der Waals surface area contributed by atoms with Crippen LogP contribution >= 0.6 is 15.9 Å². The normalized spacial score (nSPS) is 11.1. The average Bonchev–Trinajstić information content (AvgIpc) is 2.72. The van der Waals surface area contributed by atoms with Crippen LogP contribution in [0, 0.1) is 0 Å². The van der Waals surface area contributed by atoms with Gasteiger partial charge >= 0.3 is 0 Å². The van der Waals surface area contributed by atoms with Gasteiger partial charge < -0.3 is 9.73 Å². The quantitative estimate of drug-likeness (QED) is 0.876. The molecule has 1 N–H and O–H groups in total. The lowest BCUT2D eigenvalue weighted by Crippen LogP contribution is -2.11. The Morgan fingerprint density at radius 1 is 1.50 bits per heavy atom. The Morgan fingerprint density at radius 3 is 2.94 bits per heavy atom. The van der Waals surface area contributed by atoms with Crippen LogP contribution in [-0.2, 0) is 4.79 Å². The van der Waals surface area contributed by atoms with Gasteiger partial charge in [0.05, 0.1) is 0 Å². The van der Waals surface area contributed by atoms with Crippen LogP contribution in [-0.4, -0.2) is 16.2 Å². The van der Waals surface area contributed by atoms with Gasteiger partial charge in [-0.3, -0.25) is 4.79 Å². The molecule has 1 aromatic carbocycles. The Hall–Kier alpha value is -1.36. The third-order valence-corrected chi connectivity index (χ3v) is 2.90. The first kappa shape index (κ1) is 13.1. The summed E-state index contributed by atoms with van der Waals surface area (Å²) in [5, 5.41) is 3.48. The standard InChI is InChI=1S/C13H15BrN2O2/c1-8(2)13-16-10-7-9(3-4-11(10)18-13)15-12(17)5-6-14/h3-4,7-8H,5-6H2,1-2H3,(H,15,17). The number of aromatic nitrogens is 1. The van der Waals surface area contributed by atoms with Gasteiger partial charge in [-0.15, -0.1) is 0 Å². The molecule has 0 spiro atoms. The number of hydrogen-bond donors (Lipinski definition) is 1. The number of anilines is 1. The maximum absolute atomic E-state index is 11.5. The highest BCUT2D eigenvalue weighted by Crippen LogP contribution is 2.23. The summed E-state index contributed by atoms with van der Waals surface area (Å²) < 4.78 is 5.61. The van der Waals surface area contributed by atoms with Crippen LogP contribution in [0.15, 0.2) is 22.6 Å². The molecule has 1 heterocycles. The predicted octanol–water partition coefficient (Wildman–Crippen LogP) is 3.67. The number of oxazole rings is 1. The summed E-state index contributed by atoms with van der Waals surface area (Å²) in [6.45, 7) is 4.06. The van der Waals surface area contributed by atoms with Crippen LogP contribution in [0.25, 0.3) is 11.1 Å². The van der Waals surface area contributed by atoms with Crippen molar-refractivity contribution in [2.75, 3.05) is 10.6 Å². The van der Waals surface area contributed by atoms with E-state index in [9.17, 15) is 4.79 Å². The first-order valence-corrected chi connectivity index (χ1v) is 6.98. The average molecular weight is 311 g/mol. The number of benzene rings is 1. The minimum atomic E-state index is -0.0150. The highest BCUT2D eigenvalue weighted by Gasteiger charge is 2.10. The van der Waals surface area contributed by atoms with E-state index in [2.05, 4.69) is 26.2 Å². The summed E-state index contributed by atoms with van der Waals surface area (Å²) in [5.74, 6) is 0.955. The van der Waals surface area contributed by atoms with Crippen LogP contribution in [0.4, 0.5) is 5.69 Å². The van der Waals surface area contributed by atoms with Crippen molar-refractivity contribution in [3.05, 3.63) is 24.1 Å². The molecule has 2 aromatic rings. The van der Waals surface area contributed by atoms with Crippen molar-refractivity contribution in [2.24, 2.45) is 0 Å². The van der Waals surface area contributed by atoms with Crippen molar-refractivity contribution in [3.63, 3.8) is 0 Å². The number of halogens is 1. The summed E-state index contributed by atoms with van der Waals surface area (Å²) in [7, 11) is 0. The number of alkyl halides is 1. The maximum atomic E-state index is 11.5. The second-order valence-corrected chi connectivity index (χ2v) is 5.17. The van der Waals surface area contributed by atoms with E-state index < -0.39 is 0 Å². The molecule has 0 unspecified atom stereocenters. The largest absolute Gasteiger partial charge is 0.440 e. The van der Waals surface area contributed by atoms with Gasteiger partial charge in [-0.2, -0.15) is 0 Å². The molecule has 0 atom stereocenters. The number of fused-ring (bicyclic) bond motifs is 1. The number of hydrogen-bond acceptors (Lipinski definition) is 3. The minimum absolute atomic E-state index is 0.0150. The van der Waals surface area contributed by atoms with E-state index >= 15 is 0 Å². The molecule has 0 fully saturated rings. The Labute approximate surface area is 114 Å². The van der Waals surface area contributed by atoms with Crippen LogP contribution in [0.3, 0.4) is 0 Å². The molecular formula is C13H15BrN2O2. The third-order valence-electron chi connectivity index (χ3n) is 2.50. The van der Waals surface area contributed by atoms with E-state index in [4.69, 9.17) is 4.42 Å². The van der Waals surface area contributed by atoms with Gasteiger partial charge in [0.2, 0.25) is 5.91 Å². The summed E-state index contributed by atoms with van der Waals surface area (Å²) in [6, 6.07) is 5.48. The van der Waals surface area contributed by atoms with Gasteiger partial charge in [-0.25, -0.2) is 4.98 Å². The zero-order valence-corrected chi connectivity index (χ0v) is 12.0. The molecule has 0 aliphatic carbocycles. The van der Waals surface area contributed by atoms with E-state index in [1.165, 1.54) is 0 Å². The van der Waals surface area contributed by atoms with Crippen molar-refractivity contribution < 1.29 is 9.21 Å². The number of carbonyl (C=O) groups is 1. The lowest BCUT2D eigenvalue weighted by molar-refractivity contribution is -0.115. The molecular weight excluding hydrogens is 296 g/mol. The smallest absolute Gasteiger partial charge is 0.225 e. The molecule has 0 bridgehead atoms. The molecule has 4 nitrogen and oxygen atoms in total. The number of nitrogens with zero attached hydrogens (tertiary/aromatic N) is 1. The Kier molecular flexibility index (Phi) is 4.01. The van der Waals surface area contributed by atoms with E-state index in [1.807, 2.05) is 32.0 Å². The molecule has 0 radical (unpaired) electrons. The third kappa shape index (κ3) is 2.90. The molecule has 96 valence electrons. The van der Waals surface area contributed by atoms with Gasteiger partial charge in [0.25, 0.3) is 0 Å². The molecule has 1 amide bonds.